The zero-order chi connectivity index (χ0) is 19.3. The number of fused-ring (bicyclic) bond motifs is 1. The normalized spacial score (nSPS) is 15.0. The monoisotopic (exact) mass is 374 g/mol. The molecule has 1 aliphatic heterocycles. The summed E-state index contributed by atoms with van der Waals surface area (Å²) in [6.45, 7) is 4.27. The molecule has 0 atom stereocenters. The summed E-state index contributed by atoms with van der Waals surface area (Å²) in [6.07, 6.45) is 5.13. The van der Waals surface area contributed by atoms with Crippen LogP contribution in [0.15, 0.2) is 54.7 Å². The lowest BCUT2D eigenvalue weighted by atomic mass is 9.94. The van der Waals surface area contributed by atoms with Gasteiger partial charge in [-0.05, 0) is 48.1 Å². The number of benzene rings is 2. The third-order valence-electron chi connectivity index (χ3n) is 5.51. The van der Waals surface area contributed by atoms with E-state index in [1.807, 2.05) is 12.3 Å². The number of nitrogens with one attached hydrogen (secondary N) is 1. The lowest BCUT2D eigenvalue weighted by Gasteiger charge is -2.32. The number of anilines is 1. The number of nitrogens with zero attached hydrogens (tertiary/aromatic N) is 3. The van der Waals surface area contributed by atoms with Crippen LogP contribution in [-0.4, -0.2) is 35.5 Å². The van der Waals surface area contributed by atoms with Gasteiger partial charge in [0, 0.05) is 38.3 Å². The first-order valence-corrected chi connectivity index (χ1v) is 10.0. The number of piperidine rings is 1. The van der Waals surface area contributed by atoms with Crippen molar-refractivity contribution in [2.24, 2.45) is 5.92 Å². The minimum atomic E-state index is 0.0522. The lowest BCUT2D eigenvalue weighted by Crippen LogP contribution is -2.36. The zero-order valence-electron chi connectivity index (χ0n) is 16.3. The van der Waals surface area contributed by atoms with Gasteiger partial charge < -0.3 is 10.2 Å². The Labute approximate surface area is 165 Å². The van der Waals surface area contributed by atoms with Crippen molar-refractivity contribution in [3.05, 3.63) is 54.7 Å². The van der Waals surface area contributed by atoms with Crippen molar-refractivity contribution in [2.45, 2.75) is 26.2 Å². The van der Waals surface area contributed by atoms with E-state index in [-0.39, 0.29) is 5.91 Å². The second kappa shape index (κ2) is 8.38. The Morgan fingerprint density at radius 3 is 2.68 bits per heavy atom. The summed E-state index contributed by atoms with van der Waals surface area (Å²) >= 11 is 0. The largest absolute Gasteiger partial charge is 0.356 e. The van der Waals surface area contributed by atoms with E-state index in [1.54, 1.807) is 6.92 Å². The maximum absolute atomic E-state index is 11.0. The molecule has 0 aliphatic carbocycles. The van der Waals surface area contributed by atoms with E-state index in [4.69, 9.17) is 4.98 Å². The third-order valence-corrected chi connectivity index (χ3v) is 5.51. The van der Waals surface area contributed by atoms with Crippen LogP contribution in [0.25, 0.3) is 22.0 Å². The first-order valence-electron chi connectivity index (χ1n) is 10.0. The van der Waals surface area contributed by atoms with Crippen molar-refractivity contribution < 1.29 is 4.79 Å². The molecule has 1 saturated heterocycles. The smallest absolute Gasteiger partial charge is 0.225 e. The van der Waals surface area contributed by atoms with E-state index in [0.717, 1.165) is 56.1 Å². The number of rotatable bonds is 5. The van der Waals surface area contributed by atoms with Gasteiger partial charge in [0.05, 0.1) is 5.69 Å². The van der Waals surface area contributed by atoms with Crippen molar-refractivity contribution in [2.75, 3.05) is 24.5 Å². The first kappa shape index (κ1) is 18.4. The van der Waals surface area contributed by atoms with Gasteiger partial charge in [-0.25, -0.2) is 9.97 Å². The number of aromatic nitrogens is 2. The summed E-state index contributed by atoms with van der Waals surface area (Å²) in [4.78, 5) is 22.6. The van der Waals surface area contributed by atoms with Crippen LogP contribution in [0.2, 0.25) is 0 Å². The molecule has 0 unspecified atom stereocenters. The van der Waals surface area contributed by atoms with E-state index in [2.05, 4.69) is 57.7 Å². The highest BCUT2D eigenvalue weighted by atomic mass is 16.1. The fraction of sp³-hybridized carbons (Fsp3) is 0.348. The standard InChI is InChI=1S/C23H26N4O/c1-17(28)24-12-8-18-10-14-27(15-11-18)23-25-13-9-22(26-23)21-7-6-19-4-2-3-5-20(19)16-21/h2-7,9,13,16,18H,8,10-12,14-15H2,1H3,(H,24,28). The van der Waals surface area contributed by atoms with Gasteiger partial charge in [0.2, 0.25) is 11.9 Å². The molecule has 1 amide bonds. The number of amides is 1. The zero-order valence-corrected chi connectivity index (χ0v) is 16.3. The van der Waals surface area contributed by atoms with Gasteiger partial charge >= 0.3 is 0 Å². The molecular formula is C23H26N4O. The molecule has 1 aliphatic rings. The van der Waals surface area contributed by atoms with E-state index in [9.17, 15) is 4.79 Å². The van der Waals surface area contributed by atoms with Crippen molar-refractivity contribution in [1.29, 1.82) is 0 Å². The van der Waals surface area contributed by atoms with Crippen LogP contribution in [0, 0.1) is 5.92 Å². The predicted molar refractivity (Wildman–Crippen MR) is 113 cm³/mol. The van der Waals surface area contributed by atoms with Crippen molar-refractivity contribution >= 4 is 22.6 Å². The molecule has 3 aromatic rings. The minimum absolute atomic E-state index is 0.0522. The topological polar surface area (TPSA) is 58.1 Å². The molecule has 0 saturated carbocycles. The Bertz CT molecular complexity index is 963. The molecular weight excluding hydrogens is 348 g/mol. The molecule has 1 N–H and O–H groups in total. The van der Waals surface area contributed by atoms with Gasteiger partial charge in [-0.2, -0.15) is 0 Å². The third kappa shape index (κ3) is 4.30. The van der Waals surface area contributed by atoms with Crippen LogP contribution in [0.3, 0.4) is 0 Å². The van der Waals surface area contributed by atoms with Crippen LogP contribution in [-0.2, 0) is 4.79 Å². The minimum Gasteiger partial charge on any atom is -0.356 e. The number of carbonyl (C=O) groups is 1. The fourth-order valence-corrected chi connectivity index (χ4v) is 3.88. The summed E-state index contributed by atoms with van der Waals surface area (Å²) in [5.41, 5.74) is 2.08. The summed E-state index contributed by atoms with van der Waals surface area (Å²) < 4.78 is 0. The van der Waals surface area contributed by atoms with Crippen molar-refractivity contribution in [1.82, 2.24) is 15.3 Å². The van der Waals surface area contributed by atoms with Gasteiger partial charge in [-0.15, -0.1) is 0 Å². The van der Waals surface area contributed by atoms with Gasteiger partial charge in [0.15, 0.2) is 0 Å². The van der Waals surface area contributed by atoms with Crippen LogP contribution in [0.1, 0.15) is 26.2 Å². The molecule has 144 valence electrons. The highest BCUT2D eigenvalue weighted by Crippen LogP contribution is 2.26. The molecule has 28 heavy (non-hydrogen) atoms. The second-order valence-corrected chi connectivity index (χ2v) is 7.51. The van der Waals surface area contributed by atoms with Gasteiger partial charge in [-0.1, -0.05) is 36.4 Å². The Hall–Kier alpha value is -2.95. The van der Waals surface area contributed by atoms with Crippen molar-refractivity contribution in [3.8, 4) is 11.3 Å². The van der Waals surface area contributed by atoms with Crippen LogP contribution in [0.4, 0.5) is 5.95 Å². The lowest BCUT2D eigenvalue weighted by molar-refractivity contribution is -0.119. The molecule has 2 aromatic carbocycles. The van der Waals surface area contributed by atoms with E-state index >= 15 is 0 Å². The van der Waals surface area contributed by atoms with Crippen LogP contribution in [0.5, 0.6) is 0 Å². The quantitative estimate of drug-likeness (QED) is 0.732. The highest BCUT2D eigenvalue weighted by Gasteiger charge is 2.21. The summed E-state index contributed by atoms with van der Waals surface area (Å²) in [6, 6.07) is 16.8. The summed E-state index contributed by atoms with van der Waals surface area (Å²) in [5.74, 6) is 1.52. The molecule has 1 aromatic heterocycles. The van der Waals surface area contributed by atoms with E-state index < -0.39 is 0 Å². The Kier molecular flexibility index (Phi) is 5.51. The fourth-order valence-electron chi connectivity index (χ4n) is 3.88. The molecule has 1 fully saturated rings. The summed E-state index contributed by atoms with van der Waals surface area (Å²) in [7, 11) is 0. The van der Waals surface area contributed by atoms with Crippen LogP contribution < -0.4 is 10.2 Å². The molecule has 0 spiro atoms. The highest BCUT2D eigenvalue weighted by molar-refractivity contribution is 5.86. The number of hydrogen-bond donors (Lipinski definition) is 1. The molecule has 0 bridgehead atoms. The van der Waals surface area contributed by atoms with E-state index in [1.165, 1.54) is 10.8 Å². The number of carbonyl (C=O) groups excluding carboxylic acids is 1. The molecule has 0 radical (unpaired) electrons. The average molecular weight is 374 g/mol. The molecule has 4 rings (SSSR count). The first-order chi connectivity index (χ1) is 13.7. The maximum Gasteiger partial charge on any atom is 0.225 e. The van der Waals surface area contributed by atoms with E-state index in [0.29, 0.717) is 5.92 Å². The van der Waals surface area contributed by atoms with Gasteiger partial charge in [-0.3, -0.25) is 4.79 Å². The Balaban J connectivity index is 1.43. The van der Waals surface area contributed by atoms with Crippen molar-refractivity contribution in [3.63, 3.8) is 0 Å². The molecule has 5 heteroatoms. The molecule has 2 heterocycles. The maximum atomic E-state index is 11.0. The molecule has 5 nitrogen and oxygen atoms in total. The number of hydrogen-bond acceptors (Lipinski definition) is 4. The predicted octanol–water partition coefficient (Wildman–Crippen LogP) is 4.04. The Morgan fingerprint density at radius 2 is 1.89 bits per heavy atom. The average Bonchev–Trinajstić information content (AvgIpc) is 2.74. The summed E-state index contributed by atoms with van der Waals surface area (Å²) in [5, 5.41) is 5.36. The van der Waals surface area contributed by atoms with Crippen LogP contribution >= 0.6 is 0 Å². The van der Waals surface area contributed by atoms with Gasteiger partial charge in [0.1, 0.15) is 0 Å². The Morgan fingerprint density at radius 1 is 1.11 bits per heavy atom. The van der Waals surface area contributed by atoms with Gasteiger partial charge in [0.25, 0.3) is 0 Å². The second-order valence-electron chi connectivity index (χ2n) is 7.51. The SMILES string of the molecule is CC(=O)NCCC1CCN(c2nccc(-c3ccc4ccccc4c3)n2)CC1.